The number of carbonyl (C=O) groups is 11. The molecule has 0 aromatic rings. The predicted octanol–water partition coefficient (Wildman–Crippen LogP) is 4.51. The lowest BCUT2D eigenvalue weighted by atomic mass is 9.91. The molecule has 11 amide bonds. The highest BCUT2D eigenvalue weighted by Gasteiger charge is 2.47. The lowest BCUT2D eigenvalue weighted by molar-refractivity contribution is -0.157. The Morgan fingerprint density at radius 3 is 1.43 bits per heavy atom. The number of nitrogens with zero attached hydrogens (tertiary/aromatic N) is 7. The maximum Gasteiger partial charge on any atom is 0.246 e. The standard InChI is InChI=1S/C71H130N12O13S/c1-28-30-32-46(13)58(84)57-62(88)75-49(29-2)64(90)81(25)54(39-97-34-31-33-72-40-70(16,17)18)67(93)80(24)53(38-71(19,20)96)61(87)76-55(44(9)10)68(94)77(21)50(35-41(3)4)60(86)73-47(14)59(85)74-48(15)63(89)78(22)51(36-42(5)6)65(91)79(23)52(37-43(7)8)66(92)82(26)56(45(11)12)69(95)83(57)27/h28,30,41-58,72,84,96H,29,31-40H2,1-27H3,(H,73,86)(H,74,85)(H,75,88)(H,76,87)/t46-,47+,48-,49+,50+,51+,52+,53+,54-,55+,56+,57+,58-/m1/s1. The summed E-state index contributed by atoms with van der Waals surface area (Å²) < 4.78 is 0. The van der Waals surface area contributed by atoms with Crippen LogP contribution >= 0.6 is 11.8 Å². The average molecular weight is 1390 g/mol. The second kappa shape index (κ2) is 40.4. The molecule has 0 aromatic carbocycles. The van der Waals surface area contributed by atoms with Crippen molar-refractivity contribution in [3.05, 3.63) is 12.2 Å². The Bertz CT molecular complexity index is 2640. The van der Waals surface area contributed by atoms with Gasteiger partial charge >= 0.3 is 0 Å². The van der Waals surface area contributed by atoms with Gasteiger partial charge in [0.1, 0.15) is 66.5 Å². The summed E-state index contributed by atoms with van der Waals surface area (Å²) in [4.78, 5) is 173. The summed E-state index contributed by atoms with van der Waals surface area (Å²) in [7, 11) is 9.89. The van der Waals surface area contributed by atoms with E-state index < -0.39 is 161 Å². The number of hydrogen-bond acceptors (Lipinski definition) is 15. The number of rotatable bonds is 22. The Kier molecular flexibility index (Phi) is 37.1. The van der Waals surface area contributed by atoms with Gasteiger partial charge in [0.25, 0.3) is 0 Å². The van der Waals surface area contributed by atoms with E-state index in [0.717, 1.165) is 16.3 Å². The summed E-state index contributed by atoms with van der Waals surface area (Å²) in [6.07, 6.45) is 3.05. The van der Waals surface area contributed by atoms with Gasteiger partial charge in [0.2, 0.25) is 65.0 Å². The van der Waals surface area contributed by atoms with Gasteiger partial charge in [-0.15, -0.1) is 0 Å². The molecule has 1 rings (SSSR count). The molecule has 0 saturated carbocycles. The SMILES string of the molecule is CC=CC[C@@H](C)[C@@H](O)[C@H]1C(=O)N[C@@H](CC)C(=O)N(C)[C@H](CSCCCNCC(C)(C)C)C(=O)N(C)[C@@H](CC(C)(C)O)C(=O)N[C@@H](C(C)C)C(=O)N(C)[C@@H](CC(C)C)C(=O)N[C@@H](C)C(=O)N[C@H](C)C(=O)N(C)[C@@H](CC(C)C)C(=O)N(C)[C@@H](CC(C)C)C(=O)N(C)[C@@H](C(C)C)C(=O)N1C. The minimum atomic E-state index is -1.66. The summed E-state index contributed by atoms with van der Waals surface area (Å²) in [5.74, 6) is -9.71. The molecule has 0 aromatic heterocycles. The molecule has 0 spiro atoms. The third-order valence-electron chi connectivity index (χ3n) is 18.0. The first kappa shape index (κ1) is 89.2. The van der Waals surface area contributed by atoms with Gasteiger partial charge < -0.3 is 71.1 Å². The molecule has 1 heterocycles. The largest absolute Gasteiger partial charge is 0.390 e. The second-order valence-electron chi connectivity index (χ2n) is 30.9. The van der Waals surface area contributed by atoms with E-state index in [4.69, 9.17) is 0 Å². The zero-order chi connectivity index (χ0) is 75.2. The van der Waals surface area contributed by atoms with Crippen LogP contribution in [0.3, 0.4) is 0 Å². The van der Waals surface area contributed by atoms with Crippen LogP contribution in [-0.4, -0.2) is 262 Å². The molecule has 1 saturated heterocycles. The van der Waals surface area contributed by atoms with Crippen molar-refractivity contribution < 1.29 is 63.0 Å². The minimum absolute atomic E-state index is 0.0158. The van der Waals surface area contributed by atoms with E-state index in [9.17, 15) is 29.4 Å². The Balaban J connectivity index is 4.57. The van der Waals surface area contributed by atoms with E-state index in [1.165, 1.54) is 113 Å². The Morgan fingerprint density at radius 1 is 0.515 bits per heavy atom. The number of nitrogens with one attached hydrogen (secondary N) is 5. The third kappa shape index (κ3) is 27.3. The van der Waals surface area contributed by atoms with Crippen molar-refractivity contribution in [2.45, 2.75) is 262 Å². The first-order valence-electron chi connectivity index (χ1n) is 35.0. The van der Waals surface area contributed by atoms with Crippen LogP contribution < -0.4 is 26.6 Å². The molecular weight excluding hydrogens is 1260 g/mol. The fourth-order valence-electron chi connectivity index (χ4n) is 11.9. The molecule has 558 valence electrons. The third-order valence-corrected chi connectivity index (χ3v) is 19.1. The van der Waals surface area contributed by atoms with E-state index >= 15 is 33.6 Å². The minimum Gasteiger partial charge on any atom is -0.390 e. The summed E-state index contributed by atoms with van der Waals surface area (Å²) in [6, 6.07) is -14.4. The smallest absolute Gasteiger partial charge is 0.246 e. The van der Waals surface area contributed by atoms with Gasteiger partial charge in [-0.25, -0.2) is 0 Å². The Labute approximate surface area is 586 Å². The molecule has 1 fully saturated rings. The summed E-state index contributed by atoms with van der Waals surface area (Å²) >= 11 is 1.39. The molecular formula is C71H130N12O13S. The number of hydrogen-bond donors (Lipinski definition) is 7. The lowest BCUT2D eigenvalue weighted by Crippen LogP contribution is -2.64. The van der Waals surface area contributed by atoms with E-state index in [-0.39, 0.29) is 67.4 Å². The molecule has 26 heteroatoms. The van der Waals surface area contributed by atoms with Crippen molar-refractivity contribution in [2.24, 2.45) is 40.9 Å². The Morgan fingerprint density at radius 2 is 0.959 bits per heavy atom. The van der Waals surface area contributed by atoms with Crippen LogP contribution in [0.15, 0.2) is 12.2 Å². The molecule has 7 N–H and O–H groups in total. The van der Waals surface area contributed by atoms with Crippen molar-refractivity contribution in [1.82, 2.24) is 60.9 Å². The molecule has 0 aliphatic carbocycles. The van der Waals surface area contributed by atoms with E-state index in [2.05, 4.69) is 47.4 Å². The van der Waals surface area contributed by atoms with Crippen LogP contribution in [0.5, 0.6) is 0 Å². The lowest BCUT2D eigenvalue weighted by Gasteiger charge is -2.41. The molecule has 0 radical (unpaired) electrons. The highest BCUT2D eigenvalue weighted by atomic mass is 32.2. The van der Waals surface area contributed by atoms with Gasteiger partial charge in [-0.2, -0.15) is 11.8 Å². The number of aliphatic hydroxyl groups excluding tert-OH is 1. The van der Waals surface area contributed by atoms with Gasteiger partial charge in [0.15, 0.2) is 0 Å². The highest BCUT2D eigenvalue weighted by Crippen LogP contribution is 2.27. The zero-order valence-corrected chi connectivity index (χ0v) is 65.1. The maximum absolute atomic E-state index is 15.4. The molecule has 97 heavy (non-hydrogen) atoms. The number of likely N-dealkylation sites (N-methyl/N-ethyl adjacent to an activating group) is 7. The molecule has 0 unspecified atom stereocenters. The number of allylic oxidation sites excluding steroid dienone is 2. The van der Waals surface area contributed by atoms with Crippen LogP contribution in [0.1, 0.15) is 183 Å². The van der Waals surface area contributed by atoms with Gasteiger partial charge in [0.05, 0.1) is 11.7 Å². The van der Waals surface area contributed by atoms with Crippen LogP contribution in [0.4, 0.5) is 0 Å². The van der Waals surface area contributed by atoms with Crippen molar-refractivity contribution in [1.29, 1.82) is 0 Å². The Hall–Kier alpha value is -5.86. The molecule has 1 aliphatic heterocycles. The topological polar surface area (TPSA) is 311 Å². The number of carbonyl (C=O) groups excluding carboxylic acids is 11. The summed E-state index contributed by atoms with van der Waals surface area (Å²) in [6.45, 7) is 36.8. The van der Waals surface area contributed by atoms with Crippen LogP contribution in [0.2, 0.25) is 0 Å². The monoisotopic (exact) mass is 1390 g/mol. The van der Waals surface area contributed by atoms with E-state index in [0.29, 0.717) is 18.7 Å². The quantitative estimate of drug-likeness (QED) is 0.0580. The normalized spacial score (nSPS) is 26.1. The molecule has 13 atom stereocenters. The number of aliphatic hydroxyl groups is 2. The fraction of sp³-hybridized carbons (Fsp3) is 0.817. The van der Waals surface area contributed by atoms with E-state index in [1.54, 1.807) is 54.5 Å². The van der Waals surface area contributed by atoms with Crippen LogP contribution in [0, 0.1) is 40.9 Å². The van der Waals surface area contributed by atoms with Gasteiger partial charge in [-0.1, -0.05) is 116 Å². The van der Waals surface area contributed by atoms with Crippen molar-refractivity contribution in [3.8, 4) is 0 Å². The molecule has 1 aliphatic rings. The summed E-state index contributed by atoms with van der Waals surface area (Å²) in [5.41, 5.74) is -1.56. The van der Waals surface area contributed by atoms with Crippen LogP contribution in [-0.2, 0) is 52.7 Å². The maximum atomic E-state index is 15.4. The fourth-order valence-corrected chi connectivity index (χ4v) is 13.0. The predicted molar refractivity (Wildman–Crippen MR) is 383 cm³/mol. The van der Waals surface area contributed by atoms with Crippen molar-refractivity contribution >= 4 is 76.7 Å². The first-order valence-corrected chi connectivity index (χ1v) is 36.2. The number of thioether (sulfide) groups is 1. The second-order valence-corrected chi connectivity index (χ2v) is 32.0. The van der Waals surface area contributed by atoms with Gasteiger partial charge in [-0.3, -0.25) is 52.7 Å². The van der Waals surface area contributed by atoms with E-state index in [1.807, 2.05) is 47.6 Å². The van der Waals surface area contributed by atoms with Crippen molar-refractivity contribution in [2.75, 3.05) is 73.9 Å². The van der Waals surface area contributed by atoms with Gasteiger partial charge in [0, 0.05) is 61.5 Å². The summed E-state index contributed by atoms with van der Waals surface area (Å²) in [5, 5.41) is 38.3. The van der Waals surface area contributed by atoms with Crippen LogP contribution in [0.25, 0.3) is 0 Å². The van der Waals surface area contributed by atoms with Crippen molar-refractivity contribution in [3.63, 3.8) is 0 Å². The average Bonchev–Trinajstić information content (AvgIpc) is 0.812. The molecule has 25 nitrogen and oxygen atoms in total. The number of amides is 11. The molecule has 0 bridgehead atoms. The first-order chi connectivity index (χ1) is 44.6. The van der Waals surface area contributed by atoms with Gasteiger partial charge in [-0.05, 0) is 133 Å². The zero-order valence-electron chi connectivity index (χ0n) is 64.2. The highest BCUT2D eigenvalue weighted by molar-refractivity contribution is 7.99.